The van der Waals surface area contributed by atoms with Gasteiger partial charge in [0.25, 0.3) is 0 Å². The van der Waals surface area contributed by atoms with Crippen molar-refractivity contribution in [3.63, 3.8) is 0 Å². The molecule has 0 amide bonds. The second-order valence-electron chi connectivity index (χ2n) is 4.06. The van der Waals surface area contributed by atoms with Crippen LogP contribution in [0.4, 0.5) is 5.69 Å². The number of rotatable bonds is 2. The molecule has 0 spiro atoms. The molecule has 0 aliphatic carbocycles. The fourth-order valence-corrected chi connectivity index (χ4v) is 3.19. The predicted octanol–water partition coefficient (Wildman–Crippen LogP) is 4.00. The Balaban J connectivity index is 2.14. The van der Waals surface area contributed by atoms with E-state index in [0.29, 0.717) is 11.6 Å². The monoisotopic (exact) mass is 323 g/mol. The number of anilines is 1. The van der Waals surface area contributed by atoms with Crippen LogP contribution in [0.5, 0.6) is 0 Å². The lowest BCUT2D eigenvalue weighted by Crippen LogP contribution is -2.19. The SMILES string of the molecule is CCC1CCSC(Nc2ccc(C#N)cc2Br)=N1. The number of aliphatic imine (C=N–C) groups is 1. The van der Waals surface area contributed by atoms with Crippen molar-refractivity contribution >= 4 is 38.5 Å². The van der Waals surface area contributed by atoms with Crippen LogP contribution in [0.15, 0.2) is 27.7 Å². The second-order valence-corrected chi connectivity index (χ2v) is 6.00. The molecule has 94 valence electrons. The zero-order chi connectivity index (χ0) is 13.0. The molecule has 1 atom stereocenters. The Kier molecular flexibility index (Phi) is 4.67. The molecule has 2 rings (SSSR count). The quantitative estimate of drug-likeness (QED) is 0.894. The number of benzene rings is 1. The number of halogens is 1. The topological polar surface area (TPSA) is 48.2 Å². The predicted molar refractivity (Wildman–Crippen MR) is 81.1 cm³/mol. The van der Waals surface area contributed by atoms with Crippen LogP contribution in [0.25, 0.3) is 0 Å². The molecule has 0 saturated heterocycles. The van der Waals surface area contributed by atoms with Gasteiger partial charge in [-0.05, 0) is 47.0 Å². The maximum absolute atomic E-state index is 8.82. The van der Waals surface area contributed by atoms with Gasteiger partial charge in [0.05, 0.1) is 23.4 Å². The molecule has 5 heteroatoms. The maximum Gasteiger partial charge on any atom is 0.161 e. The van der Waals surface area contributed by atoms with Gasteiger partial charge in [-0.2, -0.15) is 5.26 Å². The Morgan fingerprint density at radius 2 is 2.44 bits per heavy atom. The van der Waals surface area contributed by atoms with Crippen molar-refractivity contribution in [3.05, 3.63) is 28.2 Å². The number of nitrogens with one attached hydrogen (secondary N) is 1. The lowest BCUT2D eigenvalue weighted by atomic mass is 10.2. The van der Waals surface area contributed by atoms with Gasteiger partial charge in [0.15, 0.2) is 5.17 Å². The minimum absolute atomic E-state index is 0.436. The van der Waals surface area contributed by atoms with Crippen molar-refractivity contribution in [3.8, 4) is 6.07 Å². The Labute approximate surface area is 120 Å². The first kappa shape index (κ1) is 13.4. The molecular weight excluding hydrogens is 310 g/mol. The molecule has 0 bridgehead atoms. The Morgan fingerprint density at radius 1 is 1.61 bits per heavy atom. The number of hydrogen-bond donors (Lipinski definition) is 1. The summed E-state index contributed by atoms with van der Waals surface area (Å²) < 4.78 is 0.892. The van der Waals surface area contributed by atoms with E-state index in [9.17, 15) is 0 Å². The first-order chi connectivity index (χ1) is 8.72. The largest absolute Gasteiger partial charge is 0.334 e. The normalized spacial score (nSPS) is 18.9. The van der Waals surface area contributed by atoms with E-state index in [2.05, 4.69) is 39.2 Å². The van der Waals surface area contributed by atoms with Gasteiger partial charge >= 0.3 is 0 Å². The van der Waals surface area contributed by atoms with Crippen LogP contribution in [0.1, 0.15) is 25.3 Å². The highest BCUT2D eigenvalue weighted by Crippen LogP contribution is 2.27. The molecule has 0 aromatic heterocycles. The van der Waals surface area contributed by atoms with Crippen LogP contribution in [0.2, 0.25) is 0 Å². The van der Waals surface area contributed by atoms with Crippen LogP contribution < -0.4 is 5.32 Å². The smallest absolute Gasteiger partial charge is 0.161 e. The highest BCUT2D eigenvalue weighted by Gasteiger charge is 2.14. The lowest BCUT2D eigenvalue weighted by Gasteiger charge is -2.20. The summed E-state index contributed by atoms with van der Waals surface area (Å²) in [5, 5.41) is 13.1. The summed E-state index contributed by atoms with van der Waals surface area (Å²) in [7, 11) is 0. The maximum atomic E-state index is 8.82. The third kappa shape index (κ3) is 3.27. The van der Waals surface area contributed by atoms with Crippen molar-refractivity contribution in [2.75, 3.05) is 11.1 Å². The molecule has 0 fully saturated rings. The van der Waals surface area contributed by atoms with Crippen molar-refractivity contribution in [1.82, 2.24) is 0 Å². The van der Waals surface area contributed by atoms with Crippen LogP contribution >= 0.6 is 27.7 Å². The van der Waals surface area contributed by atoms with Crippen molar-refractivity contribution in [2.24, 2.45) is 4.99 Å². The zero-order valence-corrected chi connectivity index (χ0v) is 12.5. The molecule has 1 N–H and O–H groups in total. The minimum atomic E-state index is 0.436. The summed E-state index contributed by atoms with van der Waals surface area (Å²) in [5.41, 5.74) is 1.61. The summed E-state index contributed by atoms with van der Waals surface area (Å²) in [6, 6.07) is 8.08. The van der Waals surface area contributed by atoms with Crippen molar-refractivity contribution in [1.29, 1.82) is 5.26 Å². The van der Waals surface area contributed by atoms with Gasteiger partial charge < -0.3 is 5.32 Å². The minimum Gasteiger partial charge on any atom is -0.334 e. The highest BCUT2D eigenvalue weighted by molar-refractivity contribution is 9.10. The molecule has 3 nitrogen and oxygen atoms in total. The molecule has 18 heavy (non-hydrogen) atoms. The van der Waals surface area contributed by atoms with Gasteiger partial charge in [0.1, 0.15) is 0 Å². The average molecular weight is 324 g/mol. The van der Waals surface area contributed by atoms with E-state index in [1.54, 1.807) is 17.8 Å². The van der Waals surface area contributed by atoms with Crippen molar-refractivity contribution < 1.29 is 0 Å². The molecule has 1 aliphatic heterocycles. The molecule has 1 heterocycles. The van der Waals surface area contributed by atoms with Crippen LogP contribution in [-0.2, 0) is 0 Å². The molecule has 1 aromatic carbocycles. The van der Waals surface area contributed by atoms with Crippen molar-refractivity contribution in [2.45, 2.75) is 25.8 Å². The van der Waals surface area contributed by atoms with E-state index >= 15 is 0 Å². The van der Waals surface area contributed by atoms with E-state index in [1.807, 2.05) is 12.1 Å². The Hall–Kier alpha value is -0.990. The summed E-state index contributed by atoms with van der Waals surface area (Å²) >= 11 is 5.22. The lowest BCUT2D eigenvalue weighted by molar-refractivity contribution is 0.634. The van der Waals surface area contributed by atoms with E-state index in [-0.39, 0.29) is 0 Å². The molecule has 1 aliphatic rings. The fraction of sp³-hybridized carbons (Fsp3) is 0.385. The van der Waals surface area contributed by atoms with Gasteiger partial charge in [0.2, 0.25) is 0 Å². The summed E-state index contributed by atoms with van der Waals surface area (Å²) in [6.07, 6.45) is 2.24. The zero-order valence-electron chi connectivity index (χ0n) is 10.1. The molecule has 0 saturated carbocycles. The van der Waals surface area contributed by atoms with Gasteiger partial charge in [-0.1, -0.05) is 18.7 Å². The number of thioether (sulfide) groups is 1. The second kappa shape index (κ2) is 6.26. The number of hydrogen-bond acceptors (Lipinski definition) is 4. The number of nitrogens with zero attached hydrogens (tertiary/aromatic N) is 2. The van der Waals surface area contributed by atoms with Gasteiger partial charge in [0, 0.05) is 10.2 Å². The van der Waals surface area contributed by atoms with Crippen LogP contribution in [0.3, 0.4) is 0 Å². The molecule has 0 radical (unpaired) electrons. The molecule has 1 unspecified atom stereocenters. The summed E-state index contributed by atoms with van der Waals surface area (Å²) in [5.74, 6) is 1.11. The summed E-state index contributed by atoms with van der Waals surface area (Å²) in [4.78, 5) is 4.66. The van der Waals surface area contributed by atoms with E-state index in [1.165, 1.54) is 0 Å². The third-order valence-electron chi connectivity index (χ3n) is 2.80. The average Bonchev–Trinajstić information content (AvgIpc) is 2.41. The van der Waals surface area contributed by atoms with E-state index in [4.69, 9.17) is 5.26 Å². The number of nitriles is 1. The number of amidine groups is 1. The standard InChI is InChI=1S/C13H14BrN3S/c1-2-10-5-6-18-13(16-10)17-12-4-3-9(8-15)7-11(12)14/h3-4,7,10H,2,5-6H2,1H3,(H,16,17). The summed E-state index contributed by atoms with van der Waals surface area (Å²) in [6.45, 7) is 2.17. The highest BCUT2D eigenvalue weighted by atomic mass is 79.9. The first-order valence-electron chi connectivity index (χ1n) is 5.90. The third-order valence-corrected chi connectivity index (χ3v) is 4.38. The fourth-order valence-electron chi connectivity index (χ4n) is 1.72. The van der Waals surface area contributed by atoms with Gasteiger partial charge in [-0.3, -0.25) is 4.99 Å². The first-order valence-corrected chi connectivity index (χ1v) is 7.68. The molecular formula is C13H14BrN3S. The molecule has 1 aromatic rings. The van der Waals surface area contributed by atoms with Gasteiger partial charge in [-0.15, -0.1) is 0 Å². The van der Waals surface area contributed by atoms with E-state index in [0.717, 1.165) is 33.9 Å². The van der Waals surface area contributed by atoms with Crippen LogP contribution in [-0.4, -0.2) is 17.0 Å². The Morgan fingerprint density at radius 3 is 3.11 bits per heavy atom. The van der Waals surface area contributed by atoms with Gasteiger partial charge in [-0.25, -0.2) is 0 Å². The van der Waals surface area contributed by atoms with E-state index < -0.39 is 0 Å². The van der Waals surface area contributed by atoms with Crippen LogP contribution in [0, 0.1) is 11.3 Å². The Bertz CT molecular complexity index is 507.